The van der Waals surface area contributed by atoms with Gasteiger partial charge in [0.15, 0.2) is 0 Å². The first kappa shape index (κ1) is 23.9. The van der Waals surface area contributed by atoms with Gasteiger partial charge < -0.3 is 10.2 Å². The maximum absolute atomic E-state index is 11.3. The van der Waals surface area contributed by atoms with Gasteiger partial charge in [-0.3, -0.25) is 0 Å². The fourth-order valence-corrected chi connectivity index (χ4v) is 5.42. The van der Waals surface area contributed by atoms with E-state index in [0.717, 1.165) is 39.8 Å². The van der Waals surface area contributed by atoms with Crippen LogP contribution in [0.3, 0.4) is 0 Å². The molecule has 3 heteroatoms. The van der Waals surface area contributed by atoms with Gasteiger partial charge in [0.05, 0.1) is 5.56 Å². The minimum Gasteiger partial charge on any atom is -0.508 e. The zero-order valence-electron chi connectivity index (χ0n) is 21.3. The van der Waals surface area contributed by atoms with E-state index in [0.29, 0.717) is 0 Å². The number of hydrogen-bond donors (Lipinski definition) is 2. The van der Waals surface area contributed by atoms with Crippen molar-refractivity contribution >= 4 is 5.97 Å². The van der Waals surface area contributed by atoms with Crippen molar-refractivity contribution in [2.24, 2.45) is 0 Å². The molecular weight excluding hydrogens is 444 g/mol. The van der Waals surface area contributed by atoms with E-state index in [4.69, 9.17) is 0 Å². The van der Waals surface area contributed by atoms with Gasteiger partial charge in [0, 0.05) is 0 Å². The number of fused-ring (bicyclic) bond motifs is 1. The summed E-state index contributed by atoms with van der Waals surface area (Å²) in [5.41, 5.74) is 9.76. The first-order valence-electron chi connectivity index (χ1n) is 12.5. The van der Waals surface area contributed by atoms with Crippen LogP contribution in [-0.4, -0.2) is 16.2 Å². The molecule has 0 unspecified atom stereocenters. The summed E-state index contributed by atoms with van der Waals surface area (Å²) in [5, 5.41) is 19.1. The molecule has 1 aliphatic carbocycles. The van der Waals surface area contributed by atoms with E-state index < -0.39 is 5.97 Å². The highest BCUT2D eigenvalue weighted by Crippen LogP contribution is 2.47. The molecule has 0 amide bonds. The Morgan fingerprint density at radius 2 is 1.17 bits per heavy atom. The molecule has 182 valence electrons. The smallest absolute Gasteiger partial charge is 0.335 e. The second kappa shape index (κ2) is 8.67. The Morgan fingerprint density at radius 3 is 1.81 bits per heavy atom. The average Bonchev–Trinajstić information content (AvgIpc) is 2.87. The van der Waals surface area contributed by atoms with Crippen molar-refractivity contribution in [2.45, 2.75) is 51.4 Å². The van der Waals surface area contributed by atoms with Gasteiger partial charge in [-0.2, -0.15) is 0 Å². The third kappa shape index (κ3) is 4.30. The van der Waals surface area contributed by atoms with Crippen LogP contribution in [0.25, 0.3) is 33.4 Å². The fraction of sp³-hybridized carbons (Fsp3) is 0.242. The molecule has 3 nitrogen and oxygen atoms in total. The van der Waals surface area contributed by atoms with Crippen LogP contribution in [0.1, 0.15) is 62.0 Å². The van der Waals surface area contributed by atoms with Gasteiger partial charge in [-0.15, -0.1) is 0 Å². The molecular formula is C33H32O3. The van der Waals surface area contributed by atoms with Crippen molar-refractivity contribution in [1.29, 1.82) is 0 Å². The Labute approximate surface area is 213 Å². The summed E-state index contributed by atoms with van der Waals surface area (Å²) < 4.78 is 0. The second-order valence-corrected chi connectivity index (χ2v) is 11.2. The largest absolute Gasteiger partial charge is 0.508 e. The number of rotatable bonds is 4. The van der Waals surface area contributed by atoms with E-state index in [1.807, 2.05) is 24.3 Å². The van der Waals surface area contributed by atoms with Crippen LogP contribution in [0.4, 0.5) is 0 Å². The molecule has 0 aliphatic heterocycles. The van der Waals surface area contributed by atoms with Crippen molar-refractivity contribution in [3.05, 3.63) is 102 Å². The number of phenolic OH excluding ortho intramolecular Hbond substituents is 1. The number of carbonyl (C=O) groups is 1. The standard InChI is InChI=1S/C33H32O3/c1-32(2)17-18-33(3,4)30-20-25(12-16-29(30)32)28-19-24(21-5-7-23(8-6-21)31(35)36)11-15-27(28)22-9-13-26(34)14-10-22/h5-16,19-20,34H,17-18H2,1-4H3,(H,35,36). The van der Waals surface area contributed by atoms with E-state index in [1.54, 1.807) is 24.3 Å². The molecule has 4 aromatic rings. The molecule has 0 atom stereocenters. The lowest BCUT2D eigenvalue weighted by Crippen LogP contribution is -2.33. The number of carboxylic acids is 1. The molecule has 5 rings (SSSR count). The van der Waals surface area contributed by atoms with Crippen LogP contribution in [0, 0.1) is 0 Å². The first-order chi connectivity index (χ1) is 17.0. The Bertz CT molecular complexity index is 1440. The number of aromatic carboxylic acids is 1. The summed E-state index contributed by atoms with van der Waals surface area (Å²) in [5.74, 6) is -0.683. The van der Waals surface area contributed by atoms with Crippen LogP contribution >= 0.6 is 0 Å². The zero-order chi connectivity index (χ0) is 25.7. The predicted octanol–water partition coefficient (Wildman–Crippen LogP) is 8.44. The number of hydrogen-bond acceptors (Lipinski definition) is 2. The van der Waals surface area contributed by atoms with Crippen LogP contribution in [0.2, 0.25) is 0 Å². The van der Waals surface area contributed by atoms with Gasteiger partial charge >= 0.3 is 5.97 Å². The van der Waals surface area contributed by atoms with Crippen LogP contribution in [0.15, 0.2) is 84.9 Å². The molecule has 0 radical (unpaired) electrons. The number of benzene rings is 4. The molecule has 0 heterocycles. The summed E-state index contributed by atoms with van der Waals surface area (Å²) in [7, 11) is 0. The van der Waals surface area contributed by atoms with Gasteiger partial charge in [-0.25, -0.2) is 4.79 Å². The topological polar surface area (TPSA) is 57.5 Å². The average molecular weight is 477 g/mol. The minimum absolute atomic E-state index is 0.101. The Morgan fingerprint density at radius 1 is 0.611 bits per heavy atom. The van der Waals surface area contributed by atoms with Gasteiger partial charge in [0.2, 0.25) is 0 Å². The zero-order valence-corrected chi connectivity index (χ0v) is 21.3. The van der Waals surface area contributed by atoms with Gasteiger partial charge in [0.1, 0.15) is 5.75 Å². The van der Waals surface area contributed by atoms with Gasteiger partial charge in [-0.05, 0) is 98.5 Å². The summed E-state index contributed by atoms with van der Waals surface area (Å²) in [6.45, 7) is 9.35. The molecule has 0 aromatic heterocycles. The van der Waals surface area contributed by atoms with Crippen molar-refractivity contribution in [1.82, 2.24) is 0 Å². The number of carboxylic acid groups (broad SMARTS) is 1. The molecule has 36 heavy (non-hydrogen) atoms. The molecule has 0 bridgehead atoms. The Balaban J connectivity index is 1.70. The lowest BCUT2D eigenvalue weighted by atomic mass is 9.63. The van der Waals surface area contributed by atoms with Crippen LogP contribution < -0.4 is 0 Å². The Hall–Kier alpha value is -3.85. The van der Waals surface area contributed by atoms with E-state index >= 15 is 0 Å². The lowest BCUT2D eigenvalue weighted by molar-refractivity contribution is 0.0697. The Kier molecular flexibility index (Phi) is 5.75. The molecule has 2 N–H and O–H groups in total. The van der Waals surface area contributed by atoms with Gasteiger partial charge in [-0.1, -0.05) is 82.3 Å². The molecule has 4 aromatic carbocycles. The second-order valence-electron chi connectivity index (χ2n) is 11.2. The predicted molar refractivity (Wildman–Crippen MR) is 147 cm³/mol. The fourth-order valence-electron chi connectivity index (χ4n) is 5.42. The summed E-state index contributed by atoms with van der Waals surface area (Å²) in [4.78, 5) is 11.3. The maximum atomic E-state index is 11.3. The normalized spacial score (nSPS) is 15.8. The van der Waals surface area contributed by atoms with Crippen molar-refractivity contribution in [2.75, 3.05) is 0 Å². The highest BCUT2D eigenvalue weighted by Gasteiger charge is 2.37. The van der Waals surface area contributed by atoms with E-state index in [9.17, 15) is 15.0 Å². The lowest BCUT2D eigenvalue weighted by Gasteiger charge is -2.42. The highest BCUT2D eigenvalue weighted by atomic mass is 16.4. The molecule has 0 saturated heterocycles. The molecule has 0 spiro atoms. The third-order valence-corrected chi connectivity index (χ3v) is 7.83. The summed E-state index contributed by atoms with van der Waals surface area (Å²) >= 11 is 0. The molecule has 0 saturated carbocycles. The monoisotopic (exact) mass is 476 g/mol. The van der Waals surface area contributed by atoms with E-state index in [-0.39, 0.29) is 22.1 Å². The van der Waals surface area contributed by atoms with E-state index in [1.165, 1.54) is 17.5 Å². The van der Waals surface area contributed by atoms with Crippen molar-refractivity contribution in [3.63, 3.8) is 0 Å². The molecule has 0 fully saturated rings. The van der Waals surface area contributed by atoms with Crippen molar-refractivity contribution in [3.8, 4) is 39.1 Å². The highest BCUT2D eigenvalue weighted by molar-refractivity contribution is 5.90. The van der Waals surface area contributed by atoms with Crippen molar-refractivity contribution < 1.29 is 15.0 Å². The summed E-state index contributed by atoms with van der Waals surface area (Å²) in [6, 6.07) is 27.6. The quantitative estimate of drug-likeness (QED) is 0.311. The first-order valence-corrected chi connectivity index (χ1v) is 12.5. The van der Waals surface area contributed by atoms with E-state index in [2.05, 4.69) is 64.1 Å². The summed E-state index contributed by atoms with van der Waals surface area (Å²) in [6.07, 6.45) is 2.32. The number of phenols is 1. The molecule has 1 aliphatic rings. The minimum atomic E-state index is -0.926. The maximum Gasteiger partial charge on any atom is 0.335 e. The third-order valence-electron chi connectivity index (χ3n) is 7.83. The van der Waals surface area contributed by atoms with Gasteiger partial charge in [0.25, 0.3) is 0 Å². The number of aromatic hydroxyl groups is 1. The SMILES string of the molecule is CC1(C)CCC(C)(C)c2cc(-c3cc(-c4ccc(C(=O)O)cc4)ccc3-c3ccc(O)cc3)ccc21. The van der Waals surface area contributed by atoms with Crippen LogP contribution in [-0.2, 0) is 10.8 Å². The van der Waals surface area contributed by atoms with Crippen LogP contribution in [0.5, 0.6) is 5.75 Å².